The second-order valence-corrected chi connectivity index (χ2v) is 16.2. The van der Waals surface area contributed by atoms with Gasteiger partial charge in [0.2, 0.25) is 8.32 Å². The Morgan fingerprint density at radius 1 is 0.947 bits per heavy atom. The Hall–Kier alpha value is -3.84. The number of nitrogens with zero attached hydrogens (tertiary/aromatic N) is 3. The molecule has 0 fully saturated rings. The average molecular weight is 526 g/mol. The van der Waals surface area contributed by atoms with E-state index in [-0.39, 0.29) is 10.6 Å². The molecule has 1 aromatic heterocycles. The van der Waals surface area contributed by atoms with Crippen molar-refractivity contribution in [3.8, 4) is 17.3 Å². The fourth-order valence-electron chi connectivity index (χ4n) is 4.40. The van der Waals surface area contributed by atoms with Gasteiger partial charge in [0.1, 0.15) is 17.2 Å². The molecule has 2 aliphatic heterocycles. The van der Waals surface area contributed by atoms with Crippen molar-refractivity contribution in [3.63, 3.8) is 0 Å². The van der Waals surface area contributed by atoms with Gasteiger partial charge < -0.3 is 13.4 Å². The minimum absolute atomic E-state index is 0.0934. The minimum Gasteiger partial charge on any atom is -0.543 e. The van der Waals surface area contributed by atoms with E-state index in [1.54, 1.807) is 17.0 Å². The normalized spacial score (nSPS) is 12.3. The fourth-order valence-corrected chi connectivity index (χ4v) is 5.42. The van der Waals surface area contributed by atoms with Crippen LogP contribution in [-0.4, -0.2) is 22.4 Å². The number of aryl methyl sites for hydroxylation is 1. The lowest BCUT2D eigenvalue weighted by molar-refractivity contribution is 0.492. The quantitative estimate of drug-likeness (QED) is 0.216. The highest BCUT2D eigenvalue weighted by Crippen LogP contribution is 2.37. The predicted octanol–water partition coefficient (Wildman–Crippen LogP) is 6.93. The number of furan rings is 1. The first-order valence-electron chi connectivity index (χ1n) is 13.0. The molecule has 0 unspecified atom stereocenters. The number of aromatic nitrogens is 3. The van der Waals surface area contributed by atoms with E-state index in [2.05, 4.69) is 81.8 Å². The number of benzene rings is 2. The van der Waals surface area contributed by atoms with Crippen molar-refractivity contribution in [2.75, 3.05) is 0 Å². The van der Waals surface area contributed by atoms with Crippen molar-refractivity contribution in [1.29, 1.82) is 0 Å². The SMILES string of the molecule is Cc1cccc(Cc2c3nc(Cc4ccco4)c(=O)n-3ccn2-c2cccc(O[Si](C)(C)C(C)(C)C)c2)c1. The van der Waals surface area contributed by atoms with Gasteiger partial charge in [-0.25, -0.2) is 4.98 Å². The molecule has 6 nitrogen and oxygen atoms in total. The Morgan fingerprint density at radius 3 is 2.42 bits per heavy atom. The van der Waals surface area contributed by atoms with Crippen molar-refractivity contribution in [2.24, 2.45) is 0 Å². The van der Waals surface area contributed by atoms with E-state index in [9.17, 15) is 4.79 Å². The van der Waals surface area contributed by atoms with E-state index < -0.39 is 8.32 Å². The third-order valence-corrected chi connectivity index (χ3v) is 11.9. The van der Waals surface area contributed by atoms with Gasteiger partial charge in [0.15, 0.2) is 5.82 Å². The maximum Gasteiger partial charge on any atom is 0.278 e. The smallest absolute Gasteiger partial charge is 0.278 e. The molecule has 3 heterocycles. The summed E-state index contributed by atoms with van der Waals surface area (Å²) in [6, 6.07) is 20.3. The molecule has 0 spiro atoms. The van der Waals surface area contributed by atoms with Gasteiger partial charge in [-0.3, -0.25) is 9.36 Å². The standard InChI is InChI=1S/C31H35N3O3Si/c1-22-10-7-11-23(18-22)19-28-29-32-27(21-25-14-9-17-36-25)30(35)34(29)16-15-33(28)24-12-8-13-26(20-24)37-38(5,6)31(2,3)4/h7-18,20H,19,21H2,1-6H3. The van der Waals surface area contributed by atoms with Crippen LogP contribution in [0.4, 0.5) is 0 Å². The van der Waals surface area contributed by atoms with E-state index in [1.165, 1.54) is 5.56 Å². The van der Waals surface area contributed by atoms with Crippen LogP contribution in [0.1, 0.15) is 49.0 Å². The highest BCUT2D eigenvalue weighted by Gasteiger charge is 2.39. The van der Waals surface area contributed by atoms with Gasteiger partial charge in [-0.15, -0.1) is 0 Å². The molecule has 0 N–H and O–H groups in total. The van der Waals surface area contributed by atoms with Crippen LogP contribution in [0, 0.1) is 6.92 Å². The summed E-state index contributed by atoms with van der Waals surface area (Å²) in [6.07, 6.45) is 6.34. The Balaban J connectivity index is 1.63. The Labute approximate surface area is 225 Å². The van der Waals surface area contributed by atoms with Gasteiger partial charge in [-0.05, 0) is 54.9 Å². The summed E-state index contributed by atoms with van der Waals surface area (Å²) in [5.41, 5.74) is 4.60. The van der Waals surface area contributed by atoms with Crippen molar-refractivity contribution in [3.05, 3.63) is 118 Å². The van der Waals surface area contributed by atoms with Crippen molar-refractivity contribution in [1.82, 2.24) is 14.1 Å². The second-order valence-electron chi connectivity index (χ2n) is 11.5. The zero-order chi connectivity index (χ0) is 27.1. The molecule has 2 aliphatic rings. The fraction of sp³-hybridized carbons (Fsp3) is 0.290. The molecule has 0 atom stereocenters. The Morgan fingerprint density at radius 2 is 1.71 bits per heavy atom. The van der Waals surface area contributed by atoms with Crippen LogP contribution in [0.25, 0.3) is 11.5 Å². The van der Waals surface area contributed by atoms with Crippen molar-refractivity contribution in [2.45, 2.75) is 58.7 Å². The molecule has 7 heteroatoms. The van der Waals surface area contributed by atoms with Gasteiger partial charge in [0.05, 0.1) is 18.4 Å². The molecule has 0 bridgehead atoms. The summed E-state index contributed by atoms with van der Waals surface area (Å²) >= 11 is 0. The van der Waals surface area contributed by atoms with E-state index in [1.807, 2.05) is 30.5 Å². The van der Waals surface area contributed by atoms with Crippen molar-refractivity contribution >= 4 is 8.32 Å². The minimum atomic E-state index is -2.01. The lowest BCUT2D eigenvalue weighted by atomic mass is 10.1. The summed E-state index contributed by atoms with van der Waals surface area (Å²) in [5, 5.41) is 0.0934. The van der Waals surface area contributed by atoms with E-state index in [0.717, 1.165) is 22.7 Å². The van der Waals surface area contributed by atoms with Crippen LogP contribution in [-0.2, 0) is 12.8 Å². The number of fused-ring (bicyclic) bond motifs is 1. The van der Waals surface area contributed by atoms with Crippen LogP contribution in [0.2, 0.25) is 18.1 Å². The number of rotatable bonds is 7. The first-order chi connectivity index (χ1) is 18.0. The zero-order valence-corrected chi connectivity index (χ0v) is 24.0. The highest BCUT2D eigenvalue weighted by atomic mass is 28.4. The number of hydrogen-bond acceptors (Lipinski definition) is 4. The van der Waals surface area contributed by atoms with E-state index in [0.29, 0.717) is 30.1 Å². The maximum atomic E-state index is 13.3. The van der Waals surface area contributed by atoms with Gasteiger partial charge in [0.25, 0.3) is 5.56 Å². The van der Waals surface area contributed by atoms with Gasteiger partial charge >= 0.3 is 0 Å². The number of hydrogen-bond donors (Lipinski definition) is 0. The topological polar surface area (TPSA) is 62.2 Å². The molecular weight excluding hydrogens is 490 g/mol. The molecule has 196 valence electrons. The lowest BCUT2D eigenvalue weighted by Crippen LogP contribution is -2.43. The van der Waals surface area contributed by atoms with Gasteiger partial charge in [-0.2, -0.15) is 0 Å². The first kappa shape index (κ1) is 25.8. The maximum absolute atomic E-state index is 13.3. The van der Waals surface area contributed by atoms with Crippen LogP contribution in [0.3, 0.4) is 0 Å². The highest BCUT2D eigenvalue weighted by molar-refractivity contribution is 6.74. The molecule has 0 saturated carbocycles. The molecule has 2 aromatic carbocycles. The van der Waals surface area contributed by atoms with Gasteiger partial charge in [-0.1, -0.05) is 56.7 Å². The number of imidazole rings is 1. The lowest BCUT2D eigenvalue weighted by Gasteiger charge is -2.36. The summed E-state index contributed by atoms with van der Waals surface area (Å²) in [6.45, 7) is 13.3. The molecule has 3 aromatic rings. The summed E-state index contributed by atoms with van der Waals surface area (Å²) < 4.78 is 15.9. The van der Waals surface area contributed by atoms with Gasteiger partial charge in [0, 0.05) is 30.6 Å². The summed E-state index contributed by atoms with van der Waals surface area (Å²) in [5.74, 6) is 2.22. The third-order valence-electron chi connectivity index (χ3n) is 7.50. The molecule has 0 saturated heterocycles. The average Bonchev–Trinajstić information content (AvgIpc) is 3.47. The second kappa shape index (κ2) is 9.80. The van der Waals surface area contributed by atoms with Crippen LogP contribution in [0.5, 0.6) is 5.75 Å². The third kappa shape index (κ3) is 5.11. The molecule has 0 amide bonds. The molecule has 0 radical (unpaired) electrons. The molecular formula is C31H35N3O3Si. The first-order valence-corrected chi connectivity index (χ1v) is 15.9. The largest absolute Gasteiger partial charge is 0.543 e. The van der Waals surface area contributed by atoms with Crippen LogP contribution >= 0.6 is 0 Å². The monoisotopic (exact) mass is 525 g/mol. The zero-order valence-electron chi connectivity index (χ0n) is 23.0. The van der Waals surface area contributed by atoms with E-state index >= 15 is 0 Å². The summed E-state index contributed by atoms with van der Waals surface area (Å²) in [7, 11) is -2.01. The van der Waals surface area contributed by atoms with E-state index in [4.69, 9.17) is 13.8 Å². The predicted molar refractivity (Wildman–Crippen MR) is 154 cm³/mol. The Bertz CT molecular complexity index is 1590. The van der Waals surface area contributed by atoms with Crippen LogP contribution < -0.4 is 9.99 Å². The molecule has 38 heavy (non-hydrogen) atoms. The molecule has 0 aliphatic carbocycles. The van der Waals surface area contributed by atoms with Crippen LogP contribution in [0.15, 0.2) is 88.5 Å². The Kier molecular flexibility index (Phi) is 6.65. The summed E-state index contributed by atoms with van der Waals surface area (Å²) in [4.78, 5) is 18.2. The van der Waals surface area contributed by atoms with Crippen molar-refractivity contribution < 1.29 is 8.84 Å². The molecule has 5 rings (SSSR count).